The average Bonchev–Trinajstić information content (AvgIpc) is 3.36. The minimum atomic E-state index is -1.30. The molecule has 0 saturated heterocycles. The van der Waals surface area contributed by atoms with Crippen molar-refractivity contribution in [2.24, 2.45) is 4.99 Å². The van der Waals surface area contributed by atoms with Crippen LogP contribution in [0, 0.1) is 0 Å². The Labute approximate surface area is 237 Å². The summed E-state index contributed by atoms with van der Waals surface area (Å²) in [5.41, 5.74) is 1.20. The molecule has 3 aromatic carbocycles. The molecule has 9 heteroatoms. The number of hydrogen-bond acceptors (Lipinski definition) is 7. The van der Waals surface area contributed by atoms with E-state index in [4.69, 9.17) is 29.0 Å². The maximum Gasteiger partial charge on any atom is 0.252 e. The number of carbonyl (C=O) groups excluding carboxylic acids is 1. The van der Waals surface area contributed by atoms with E-state index in [0.29, 0.717) is 31.1 Å². The van der Waals surface area contributed by atoms with Gasteiger partial charge in [0.15, 0.2) is 17.9 Å². The summed E-state index contributed by atoms with van der Waals surface area (Å²) >= 11 is 3.49. The summed E-state index contributed by atoms with van der Waals surface area (Å²) in [4.78, 5) is 19.1. The van der Waals surface area contributed by atoms with E-state index in [2.05, 4.69) is 21.2 Å². The van der Waals surface area contributed by atoms with Gasteiger partial charge in [0, 0.05) is 43.7 Å². The van der Waals surface area contributed by atoms with Crippen LogP contribution in [0.5, 0.6) is 5.75 Å². The minimum Gasteiger partial charge on any atom is -0.494 e. The fraction of sp³-hybridized carbons (Fsp3) is 0.333. The summed E-state index contributed by atoms with van der Waals surface area (Å²) in [5.74, 6) is 0.750. The Bertz CT molecular complexity index is 1230. The van der Waals surface area contributed by atoms with Crippen LogP contribution in [-0.2, 0) is 25.4 Å². The highest BCUT2D eigenvalue weighted by molar-refractivity contribution is 9.10. The summed E-state index contributed by atoms with van der Waals surface area (Å²) in [6.45, 7) is 0.644. The van der Waals surface area contributed by atoms with Crippen LogP contribution >= 0.6 is 15.9 Å². The van der Waals surface area contributed by atoms with E-state index in [1.165, 1.54) is 14.2 Å². The minimum absolute atomic E-state index is 0.0711. The maximum absolute atomic E-state index is 14.1. The van der Waals surface area contributed by atoms with Gasteiger partial charge >= 0.3 is 0 Å². The average molecular weight is 598 g/mol. The number of nitrogens with one attached hydrogen (secondary N) is 1. The first kappa shape index (κ1) is 28.8. The van der Waals surface area contributed by atoms with Crippen molar-refractivity contribution in [2.75, 3.05) is 34.0 Å². The molecule has 1 amide bonds. The van der Waals surface area contributed by atoms with Crippen LogP contribution in [0.15, 0.2) is 88.3 Å². The Morgan fingerprint density at radius 3 is 2.38 bits per heavy atom. The number of nitrogens with zero attached hydrogens (tertiary/aromatic N) is 1. The largest absolute Gasteiger partial charge is 0.494 e. The molecular formula is C30H33BrN2O6. The molecule has 0 radical (unpaired) electrons. The number of amides is 1. The Morgan fingerprint density at radius 1 is 1.05 bits per heavy atom. The van der Waals surface area contributed by atoms with Crippen LogP contribution in [0.3, 0.4) is 0 Å². The molecule has 206 valence electrons. The third-order valence-electron chi connectivity index (χ3n) is 6.47. The maximum atomic E-state index is 14.1. The number of aliphatic hydroxyl groups excluding tert-OH is 1. The normalized spacial score (nSPS) is 18.5. The number of ether oxygens (including phenoxy) is 4. The van der Waals surface area contributed by atoms with Crippen LogP contribution in [-0.4, -0.2) is 62.7 Å². The van der Waals surface area contributed by atoms with E-state index < -0.39 is 17.9 Å². The van der Waals surface area contributed by atoms with Crippen molar-refractivity contribution < 1.29 is 28.8 Å². The lowest BCUT2D eigenvalue weighted by Crippen LogP contribution is -2.51. The van der Waals surface area contributed by atoms with E-state index in [-0.39, 0.29) is 19.1 Å². The number of benzene rings is 3. The molecule has 39 heavy (non-hydrogen) atoms. The van der Waals surface area contributed by atoms with E-state index in [1.807, 2.05) is 78.9 Å². The smallest absolute Gasteiger partial charge is 0.252 e. The molecule has 0 fully saturated rings. The molecule has 2 N–H and O–H groups in total. The summed E-state index contributed by atoms with van der Waals surface area (Å²) in [5, 5.41) is 12.0. The predicted molar refractivity (Wildman–Crippen MR) is 152 cm³/mol. The Balaban J connectivity index is 1.74. The van der Waals surface area contributed by atoms with Crippen molar-refractivity contribution >= 4 is 27.7 Å². The van der Waals surface area contributed by atoms with Crippen LogP contribution < -0.4 is 10.1 Å². The van der Waals surface area contributed by atoms with Crippen LogP contribution in [0.25, 0.3) is 0 Å². The zero-order valence-corrected chi connectivity index (χ0v) is 23.6. The van der Waals surface area contributed by atoms with Crippen molar-refractivity contribution in [1.82, 2.24) is 5.32 Å². The van der Waals surface area contributed by atoms with E-state index in [9.17, 15) is 4.79 Å². The Kier molecular flexibility index (Phi) is 10.1. The summed E-state index contributed by atoms with van der Waals surface area (Å²) in [6, 6.07) is 24.8. The van der Waals surface area contributed by atoms with E-state index >= 15 is 0 Å². The van der Waals surface area contributed by atoms with Crippen molar-refractivity contribution in [3.05, 3.63) is 100 Å². The molecule has 1 aliphatic heterocycles. The number of rotatable bonds is 13. The fourth-order valence-corrected chi connectivity index (χ4v) is 4.68. The molecule has 0 bridgehead atoms. The number of aliphatic hydroxyl groups is 1. The summed E-state index contributed by atoms with van der Waals surface area (Å²) in [6.07, 6.45) is -0.418. The number of hydrogen-bond donors (Lipinski definition) is 2. The van der Waals surface area contributed by atoms with Gasteiger partial charge in [-0.1, -0.05) is 58.4 Å². The lowest BCUT2D eigenvalue weighted by molar-refractivity contribution is -0.134. The second-order valence-electron chi connectivity index (χ2n) is 9.11. The molecule has 0 unspecified atom stereocenters. The standard InChI is InChI=1S/C30H33BrN2O6/c1-36-26(37-2)20-32-29(35)30(19-21-9-13-24(31)14-10-21)27(22-7-4-3-5-8-22)39-28(33-30)23-11-15-25(16-12-23)38-18-6-17-34/h3-5,7-16,26-27,34H,6,17-20H2,1-2H3,(H,32,35)/t27-,30-/m1/s1. The highest BCUT2D eigenvalue weighted by atomic mass is 79.9. The van der Waals surface area contributed by atoms with Gasteiger partial charge in [0.05, 0.1) is 13.2 Å². The summed E-state index contributed by atoms with van der Waals surface area (Å²) < 4.78 is 23.7. The number of methoxy groups -OCH3 is 2. The molecule has 0 saturated carbocycles. The van der Waals surface area contributed by atoms with Gasteiger partial charge in [-0.25, -0.2) is 4.99 Å². The van der Waals surface area contributed by atoms with Gasteiger partial charge in [0.1, 0.15) is 5.75 Å². The number of carbonyl (C=O) groups is 1. The highest BCUT2D eigenvalue weighted by Crippen LogP contribution is 2.42. The van der Waals surface area contributed by atoms with Crippen molar-refractivity contribution in [3.8, 4) is 5.75 Å². The first-order chi connectivity index (χ1) is 19.0. The molecule has 4 rings (SSSR count). The molecule has 1 heterocycles. The van der Waals surface area contributed by atoms with Gasteiger partial charge < -0.3 is 29.4 Å². The molecule has 0 aromatic heterocycles. The van der Waals surface area contributed by atoms with E-state index in [1.54, 1.807) is 0 Å². The first-order valence-corrected chi connectivity index (χ1v) is 13.5. The SMILES string of the molecule is COC(CNC(=O)[C@]1(Cc2ccc(Br)cc2)N=C(c2ccc(OCCCO)cc2)O[C@@H]1c1ccccc1)OC. The molecule has 3 aromatic rings. The van der Waals surface area contributed by atoms with Gasteiger partial charge in [-0.2, -0.15) is 0 Å². The van der Waals surface area contributed by atoms with Crippen LogP contribution in [0.4, 0.5) is 0 Å². The fourth-order valence-electron chi connectivity index (χ4n) is 4.42. The van der Waals surface area contributed by atoms with Crippen LogP contribution in [0.2, 0.25) is 0 Å². The third kappa shape index (κ3) is 7.05. The Hall–Kier alpha value is -3.24. The van der Waals surface area contributed by atoms with Crippen molar-refractivity contribution in [1.29, 1.82) is 0 Å². The van der Waals surface area contributed by atoms with Gasteiger partial charge in [0.25, 0.3) is 5.91 Å². The number of halogens is 1. The predicted octanol–water partition coefficient (Wildman–Crippen LogP) is 4.45. The highest BCUT2D eigenvalue weighted by Gasteiger charge is 2.53. The molecule has 2 atom stereocenters. The zero-order chi connectivity index (χ0) is 27.7. The molecule has 0 spiro atoms. The second kappa shape index (κ2) is 13.7. The van der Waals surface area contributed by atoms with Crippen molar-refractivity contribution in [2.45, 2.75) is 30.8 Å². The topological polar surface area (TPSA) is 98.6 Å². The van der Waals surface area contributed by atoms with Gasteiger partial charge in [-0.15, -0.1) is 0 Å². The molecule has 8 nitrogen and oxygen atoms in total. The van der Waals surface area contributed by atoms with Gasteiger partial charge in [-0.3, -0.25) is 4.79 Å². The van der Waals surface area contributed by atoms with E-state index in [0.717, 1.165) is 21.2 Å². The lowest BCUT2D eigenvalue weighted by Gasteiger charge is -2.31. The van der Waals surface area contributed by atoms with Crippen molar-refractivity contribution in [3.63, 3.8) is 0 Å². The quantitative estimate of drug-likeness (QED) is 0.223. The Morgan fingerprint density at radius 2 is 1.74 bits per heavy atom. The first-order valence-electron chi connectivity index (χ1n) is 12.7. The van der Waals surface area contributed by atoms with Gasteiger partial charge in [0.2, 0.25) is 5.90 Å². The zero-order valence-electron chi connectivity index (χ0n) is 22.0. The third-order valence-corrected chi connectivity index (χ3v) is 7.00. The van der Waals surface area contributed by atoms with Gasteiger partial charge in [-0.05, 0) is 47.5 Å². The molecule has 0 aliphatic carbocycles. The summed E-state index contributed by atoms with van der Waals surface area (Å²) in [7, 11) is 3.05. The lowest BCUT2D eigenvalue weighted by atomic mass is 9.82. The molecular weight excluding hydrogens is 564 g/mol. The molecule has 1 aliphatic rings. The number of aliphatic imine (C=N–C) groups is 1. The van der Waals surface area contributed by atoms with Crippen LogP contribution in [0.1, 0.15) is 29.2 Å². The second-order valence-corrected chi connectivity index (χ2v) is 10.0. The monoisotopic (exact) mass is 596 g/mol.